The predicted octanol–water partition coefficient (Wildman–Crippen LogP) is 1.85. The van der Waals surface area contributed by atoms with E-state index in [-0.39, 0.29) is 5.91 Å². The van der Waals surface area contributed by atoms with Crippen molar-refractivity contribution >= 4 is 11.6 Å². The Morgan fingerprint density at radius 2 is 1.90 bits per heavy atom. The normalized spacial score (nSPS) is 16.7. The average molecular weight is 275 g/mol. The summed E-state index contributed by atoms with van der Waals surface area (Å²) in [5.41, 5.74) is 2.42. The van der Waals surface area contributed by atoms with Crippen LogP contribution in [0, 0.1) is 0 Å². The van der Waals surface area contributed by atoms with Gasteiger partial charge in [-0.05, 0) is 24.1 Å². The lowest BCUT2D eigenvalue weighted by Crippen LogP contribution is -2.34. The minimum Gasteiger partial charge on any atom is -0.362 e. The summed E-state index contributed by atoms with van der Waals surface area (Å²) >= 11 is 0. The fourth-order valence-electron chi connectivity index (χ4n) is 2.35. The van der Waals surface area contributed by atoms with Crippen LogP contribution in [0.4, 0.5) is 5.69 Å². The van der Waals surface area contributed by atoms with Crippen molar-refractivity contribution in [1.82, 2.24) is 10.2 Å². The third-order valence-electron chi connectivity index (χ3n) is 3.69. The molecule has 2 rings (SSSR count). The van der Waals surface area contributed by atoms with Gasteiger partial charge in [0.1, 0.15) is 0 Å². The molecule has 0 aromatic heterocycles. The number of likely N-dealkylation sites (N-methyl/N-ethyl adjacent to an activating group) is 1. The van der Waals surface area contributed by atoms with Gasteiger partial charge in [0.25, 0.3) is 0 Å². The van der Waals surface area contributed by atoms with Crippen molar-refractivity contribution in [2.24, 2.45) is 0 Å². The van der Waals surface area contributed by atoms with Gasteiger partial charge in [-0.2, -0.15) is 0 Å². The van der Waals surface area contributed by atoms with Gasteiger partial charge in [0, 0.05) is 38.4 Å². The number of hydrogen-bond acceptors (Lipinski definition) is 3. The lowest BCUT2D eigenvalue weighted by atomic mass is 10.2. The highest BCUT2D eigenvalue weighted by Crippen LogP contribution is 2.17. The second-order valence-electron chi connectivity index (χ2n) is 5.79. The van der Waals surface area contributed by atoms with Gasteiger partial charge in [0.15, 0.2) is 0 Å². The summed E-state index contributed by atoms with van der Waals surface area (Å²) in [6, 6.07) is 9.02. The van der Waals surface area contributed by atoms with Crippen molar-refractivity contribution in [1.29, 1.82) is 0 Å². The third kappa shape index (κ3) is 3.97. The first-order valence-electron chi connectivity index (χ1n) is 7.37. The number of carbonyl (C=O) groups excluding carboxylic acids is 1. The molecule has 110 valence electrons. The molecular weight excluding hydrogens is 250 g/mol. The zero-order valence-corrected chi connectivity index (χ0v) is 12.7. The van der Waals surface area contributed by atoms with Gasteiger partial charge in [-0.25, -0.2) is 0 Å². The molecule has 1 fully saturated rings. The zero-order valence-electron chi connectivity index (χ0n) is 12.7. The third-order valence-corrected chi connectivity index (χ3v) is 3.69. The second-order valence-corrected chi connectivity index (χ2v) is 5.79. The Balaban J connectivity index is 2.00. The SMILES string of the molecule is CC(C)NCc1ccc(N2CCCN(C)C(=O)C2)cc1. The van der Waals surface area contributed by atoms with Crippen molar-refractivity contribution in [3.63, 3.8) is 0 Å². The second kappa shape index (κ2) is 6.75. The molecule has 0 unspecified atom stereocenters. The van der Waals surface area contributed by atoms with E-state index < -0.39 is 0 Å². The highest BCUT2D eigenvalue weighted by Gasteiger charge is 2.18. The minimum absolute atomic E-state index is 0.202. The molecule has 0 radical (unpaired) electrons. The smallest absolute Gasteiger partial charge is 0.241 e. The van der Waals surface area contributed by atoms with Crippen molar-refractivity contribution in [2.45, 2.75) is 32.9 Å². The molecule has 0 saturated carbocycles. The molecule has 4 nitrogen and oxygen atoms in total. The summed E-state index contributed by atoms with van der Waals surface area (Å²) in [7, 11) is 1.88. The lowest BCUT2D eigenvalue weighted by molar-refractivity contribution is -0.127. The van der Waals surface area contributed by atoms with Crippen LogP contribution in [0.15, 0.2) is 24.3 Å². The molecule has 20 heavy (non-hydrogen) atoms. The number of anilines is 1. The van der Waals surface area contributed by atoms with E-state index in [1.807, 2.05) is 11.9 Å². The minimum atomic E-state index is 0.202. The van der Waals surface area contributed by atoms with Crippen LogP contribution in [-0.4, -0.2) is 43.5 Å². The molecule has 4 heteroatoms. The van der Waals surface area contributed by atoms with E-state index in [0.29, 0.717) is 12.6 Å². The van der Waals surface area contributed by atoms with Crippen LogP contribution in [0.3, 0.4) is 0 Å². The molecule has 1 saturated heterocycles. The number of amides is 1. The number of carbonyl (C=O) groups is 1. The first-order valence-corrected chi connectivity index (χ1v) is 7.37. The number of rotatable bonds is 4. The molecule has 1 N–H and O–H groups in total. The fraction of sp³-hybridized carbons (Fsp3) is 0.562. The maximum atomic E-state index is 11.9. The number of hydrogen-bond donors (Lipinski definition) is 1. The van der Waals surface area contributed by atoms with E-state index in [1.165, 1.54) is 5.56 Å². The topological polar surface area (TPSA) is 35.6 Å². The van der Waals surface area contributed by atoms with Gasteiger partial charge >= 0.3 is 0 Å². The highest BCUT2D eigenvalue weighted by atomic mass is 16.2. The van der Waals surface area contributed by atoms with Crippen LogP contribution in [0.1, 0.15) is 25.8 Å². The Morgan fingerprint density at radius 1 is 1.20 bits per heavy atom. The molecule has 1 aliphatic rings. The van der Waals surface area contributed by atoms with Crippen LogP contribution >= 0.6 is 0 Å². The summed E-state index contributed by atoms with van der Waals surface area (Å²) in [5.74, 6) is 0.202. The molecule has 0 aliphatic carbocycles. The Morgan fingerprint density at radius 3 is 2.55 bits per heavy atom. The molecule has 1 aromatic carbocycles. The monoisotopic (exact) mass is 275 g/mol. The van der Waals surface area contributed by atoms with Gasteiger partial charge < -0.3 is 15.1 Å². The van der Waals surface area contributed by atoms with E-state index in [9.17, 15) is 4.79 Å². The van der Waals surface area contributed by atoms with E-state index >= 15 is 0 Å². The lowest BCUT2D eigenvalue weighted by Gasteiger charge is -2.22. The zero-order chi connectivity index (χ0) is 14.5. The predicted molar refractivity (Wildman–Crippen MR) is 82.9 cm³/mol. The number of nitrogens with zero attached hydrogens (tertiary/aromatic N) is 2. The first-order chi connectivity index (χ1) is 9.56. The summed E-state index contributed by atoms with van der Waals surface area (Å²) in [5, 5.41) is 3.41. The van der Waals surface area contributed by atoms with Gasteiger partial charge in [-0.15, -0.1) is 0 Å². The summed E-state index contributed by atoms with van der Waals surface area (Å²) in [6.07, 6.45) is 1.03. The van der Waals surface area contributed by atoms with Crippen LogP contribution in [0.2, 0.25) is 0 Å². The fourth-order valence-corrected chi connectivity index (χ4v) is 2.35. The van der Waals surface area contributed by atoms with E-state index in [2.05, 4.69) is 48.3 Å². The largest absolute Gasteiger partial charge is 0.362 e. The molecule has 1 aromatic rings. The first kappa shape index (κ1) is 14.9. The molecule has 0 atom stereocenters. The van der Waals surface area contributed by atoms with Crippen molar-refractivity contribution in [2.75, 3.05) is 31.6 Å². The maximum absolute atomic E-state index is 11.9. The quantitative estimate of drug-likeness (QED) is 0.911. The van der Waals surface area contributed by atoms with Crippen molar-refractivity contribution in [3.05, 3.63) is 29.8 Å². The van der Waals surface area contributed by atoms with E-state index in [4.69, 9.17) is 0 Å². The van der Waals surface area contributed by atoms with Crippen molar-refractivity contribution in [3.8, 4) is 0 Å². The van der Waals surface area contributed by atoms with Gasteiger partial charge in [0.2, 0.25) is 5.91 Å². The Hall–Kier alpha value is -1.55. The summed E-state index contributed by atoms with van der Waals surface area (Å²) < 4.78 is 0. The Labute approximate surface area is 121 Å². The maximum Gasteiger partial charge on any atom is 0.241 e. The van der Waals surface area contributed by atoms with Crippen molar-refractivity contribution < 1.29 is 4.79 Å². The van der Waals surface area contributed by atoms with Gasteiger partial charge in [-0.1, -0.05) is 26.0 Å². The average Bonchev–Trinajstić information content (AvgIpc) is 2.59. The molecule has 1 heterocycles. The summed E-state index contributed by atoms with van der Waals surface area (Å²) in [6.45, 7) is 7.46. The van der Waals surface area contributed by atoms with Crippen LogP contribution in [0.25, 0.3) is 0 Å². The molecular formula is C16H25N3O. The van der Waals surface area contributed by atoms with Crippen LogP contribution < -0.4 is 10.2 Å². The number of benzene rings is 1. The van der Waals surface area contributed by atoms with Crippen LogP contribution in [-0.2, 0) is 11.3 Å². The molecule has 0 spiro atoms. The number of nitrogens with one attached hydrogen (secondary N) is 1. The van der Waals surface area contributed by atoms with E-state index in [1.54, 1.807) is 0 Å². The van der Waals surface area contributed by atoms with Crippen LogP contribution in [0.5, 0.6) is 0 Å². The Bertz CT molecular complexity index is 442. The molecule has 1 aliphatic heterocycles. The molecule has 1 amide bonds. The van der Waals surface area contributed by atoms with Gasteiger partial charge in [0.05, 0.1) is 6.54 Å². The summed E-state index contributed by atoms with van der Waals surface area (Å²) in [4.78, 5) is 15.9. The standard InChI is InChI=1S/C16H25N3O/c1-13(2)17-11-14-5-7-15(8-6-14)19-10-4-9-18(3)16(20)12-19/h5-8,13,17H,4,9-12H2,1-3H3. The highest BCUT2D eigenvalue weighted by molar-refractivity contribution is 5.81. The van der Waals surface area contributed by atoms with E-state index in [0.717, 1.165) is 31.7 Å². The molecule has 0 bridgehead atoms. The Kier molecular flexibility index (Phi) is 5.01. The van der Waals surface area contributed by atoms with Gasteiger partial charge in [-0.3, -0.25) is 4.79 Å².